The summed E-state index contributed by atoms with van der Waals surface area (Å²) in [5.74, 6) is -0.0831. The molecule has 1 amide bonds. The zero-order valence-corrected chi connectivity index (χ0v) is 11.4. The van der Waals surface area contributed by atoms with E-state index in [2.05, 4.69) is 32.0 Å². The van der Waals surface area contributed by atoms with Crippen molar-refractivity contribution in [3.63, 3.8) is 0 Å². The second-order valence-corrected chi connectivity index (χ2v) is 5.22. The Hall–Kier alpha value is -0.480. The van der Waals surface area contributed by atoms with E-state index in [1.807, 2.05) is 11.8 Å². The lowest BCUT2D eigenvalue weighted by Gasteiger charge is -2.30. The molecule has 94 valence electrons. The van der Waals surface area contributed by atoms with Crippen molar-refractivity contribution in [1.29, 1.82) is 0 Å². The van der Waals surface area contributed by atoms with Crippen LogP contribution < -0.4 is 11.1 Å². The highest BCUT2D eigenvalue weighted by atomic mass is 32.2. The lowest BCUT2D eigenvalue weighted by Crippen LogP contribution is -2.46. The van der Waals surface area contributed by atoms with Crippen LogP contribution in [0.1, 0.15) is 33.1 Å². The van der Waals surface area contributed by atoms with Gasteiger partial charge in [-0.3, -0.25) is 4.79 Å². The number of carbonyl (C=O) groups is 1. The van der Waals surface area contributed by atoms with Crippen LogP contribution >= 0.6 is 11.8 Å². The second kappa shape index (κ2) is 7.74. The van der Waals surface area contributed by atoms with Gasteiger partial charge in [-0.05, 0) is 25.5 Å². The van der Waals surface area contributed by atoms with Crippen LogP contribution in [0.5, 0.6) is 0 Å². The van der Waals surface area contributed by atoms with Gasteiger partial charge in [0, 0.05) is 11.3 Å². The highest BCUT2D eigenvalue weighted by Crippen LogP contribution is 2.29. The number of nitrogens with one attached hydrogen (secondary N) is 1. The van der Waals surface area contributed by atoms with E-state index >= 15 is 0 Å². The number of hydrogen-bond donors (Lipinski definition) is 2. The van der Waals surface area contributed by atoms with Gasteiger partial charge in [-0.2, -0.15) is 11.8 Å². The molecule has 0 bridgehead atoms. The van der Waals surface area contributed by atoms with Gasteiger partial charge in [-0.25, -0.2) is 0 Å². The van der Waals surface area contributed by atoms with Crippen molar-refractivity contribution in [1.82, 2.24) is 5.32 Å². The van der Waals surface area contributed by atoms with Gasteiger partial charge < -0.3 is 11.1 Å². The third-order valence-corrected chi connectivity index (χ3v) is 4.65. The van der Waals surface area contributed by atoms with Gasteiger partial charge in [-0.1, -0.05) is 19.9 Å². The van der Waals surface area contributed by atoms with E-state index in [9.17, 15) is 4.79 Å². The smallest absolute Gasteiger partial charge is 0.237 e. The molecule has 4 heteroatoms. The predicted octanol–water partition coefficient (Wildman–Crippen LogP) is 1.93. The third kappa shape index (κ3) is 4.58. The first kappa shape index (κ1) is 15.5. The first-order valence-corrected chi connectivity index (χ1v) is 6.97. The maximum Gasteiger partial charge on any atom is 0.237 e. The number of amides is 1. The molecule has 0 saturated heterocycles. The summed E-state index contributed by atoms with van der Waals surface area (Å²) >= 11 is 1.81. The topological polar surface area (TPSA) is 55.1 Å². The predicted molar refractivity (Wildman–Crippen MR) is 72.6 cm³/mol. The molecule has 0 aliphatic rings. The van der Waals surface area contributed by atoms with Crippen LogP contribution in [0.2, 0.25) is 0 Å². The van der Waals surface area contributed by atoms with Gasteiger partial charge in [0.05, 0.1) is 6.04 Å². The Morgan fingerprint density at radius 1 is 1.56 bits per heavy atom. The molecule has 16 heavy (non-hydrogen) atoms. The Morgan fingerprint density at radius 2 is 2.12 bits per heavy atom. The molecule has 0 radical (unpaired) electrons. The largest absolute Gasteiger partial charge is 0.353 e. The summed E-state index contributed by atoms with van der Waals surface area (Å²) in [5, 5.41) is 2.93. The molecule has 0 saturated carbocycles. The van der Waals surface area contributed by atoms with Crippen molar-refractivity contribution in [2.24, 2.45) is 5.73 Å². The van der Waals surface area contributed by atoms with E-state index in [0.29, 0.717) is 13.0 Å². The molecule has 1 atom stereocenters. The van der Waals surface area contributed by atoms with Gasteiger partial charge in [0.25, 0.3) is 0 Å². The maximum absolute atomic E-state index is 11.6. The minimum Gasteiger partial charge on any atom is -0.353 e. The molecule has 0 spiro atoms. The molecule has 0 aromatic carbocycles. The molecule has 0 aromatic rings. The maximum atomic E-state index is 11.6. The van der Waals surface area contributed by atoms with Crippen LogP contribution in [0.15, 0.2) is 12.7 Å². The summed E-state index contributed by atoms with van der Waals surface area (Å²) in [4.78, 5) is 11.6. The molecule has 0 aliphatic heterocycles. The van der Waals surface area contributed by atoms with Crippen molar-refractivity contribution in [3.05, 3.63) is 12.7 Å². The standard InChI is InChI=1S/C12H24N2OS/c1-5-8-10(13)11(15)14-9-12(6-2,7-3)16-4/h5,10H,1,6-9,13H2,2-4H3,(H,14,15). The van der Waals surface area contributed by atoms with Gasteiger partial charge >= 0.3 is 0 Å². The fourth-order valence-corrected chi connectivity index (χ4v) is 2.32. The number of carbonyl (C=O) groups excluding carboxylic acids is 1. The Morgan fingerprint density at radius 3 is 2.50 bits per heavy atom. The van der Waals surface area contributed by atoms with Crippen LogP contribution in [0.4, 0.5) is 0 Å². The Bertz CT molecular complexity index is 219. The van der Waals surface area contributed by atoms with Crippen LogP contribution in [0, 0.1) is 0 Å². The molecule has 0 rings (SSSR count). The molecule has 0 aromatic heterocycles. The number of hydrogen-bond acceptors (Lipinski definition) is 3. The van der Waals surface area contributed by atoms with Crippen molar-refractivity contribution >= 4 is 17.7 Å². The van der Waals surface area contributed by atoms with Gasteiger partial charge in [0.2, 0.25) is 5.91 Å². The van der Waals surface area contributed by atoms with Crippen LogP contribution in [-0.2, 0) is 4.79 Å². The fraction of sp³-hybridized carbons (Fsp3) is 0.750. The zero-order chi connectivity index (χ0) is 12.6. The van der Waals surface area contributed by atoms with E-state index in [1.54, 1.807) is 6.08 Å². The minimum atomic E-state index is -0.467. The van der Waals surface area contributed by atoms with Crippen LogP contribution in [-0.4, -0.2) is 29.5 Å². The summed E-state index contributed by atoms with van der Waals surface area (Å²) in [6.07, 6.45) is 6.37. The number of thioether (sulfide) groups is 1. The molecule has 3 N–H and O–H groups in total. The number of rotatable bonds is 8. The summed E-state index contributed by atoms with van der Waals surface area (Å²) < 4.78 is 0.142. The average Bonchev–Trinajstić information content (AvgIpc) is 2.31. The second-order valence-electron chi connectivity index (χ2n) is 3.94. The highest BCUT2D eigenvalue weighted by molar-refractivity contribution is 8.00. The van der Waals surface area contributed by atoms with E-state index in [-0.39, 0.29) is 10.7 Å². The zero-order valence-electron chi connectivity index (χ0n) is 10.6. The van der Waals surface area contributed by atoms with Crippen LogP contribution in [0.25, 0.3) is 0 Å². The molecule has 0 aliphatic carbocycles. The molecule has 0 heterocycles. The fourth-order valence-electron chi connectivity index (χ4n) is 1.53. The Labute approximate surface area is 103 Å². The van der Waals surface area contributed by atoms with E-state index in [1.165, 1.54) is 0 Å². The average molecular weight is 244 g/mol. The van der Waals surface area contributed by atoms with E-state index in [0.717, 1.165) is 12.8 Å². The monoisotopic (exact) mass is 244 g/mol. The quantitative estimate of drug-likeness (QED) is 0.641. The van der Waals surface area contributed by atoms with Gasteiger partial charge in [-0.15, -0.1) is 6.58 Å². The van der Waals surface area contributed by atoms with E-state index in [4.69, 9.17) is 5.73 Å². The van der Waals surface area contributed by atoms with Crippen molar-refractivity contribution in [3.8, 4) is 0 Å². The summed E-state index contributed by atoms with van der Waals surface area (Å²) in [5.41, 5.74) is 5.69. The van der Waals surface area contributed by atoms with Crippen molar-refractivity contribution < 1.29 is 4.79 Å². The highest BCUT2D eigenvalue weighted by Gasteiger charge is 2.26. The Kier molecular flexibility index (Phi) is 7.51. The summed E-state index contributed by atoms with van der Waals surface area (Å²) in [6.45, 7) is 8.56. The lowest BCUT2D eigenvalue weighted by atomic mass is 10.0. The molecule has 1 unspecified atom stereocenters. The van der Waals surface area contributed by atoms with Gasteiger partial charge in [0.15, 0.2) is 0 Å². The van der Waals surface area contributed by atoms with Gasteiger partial charge in [0.1, 0.15) is 0 Å². The normalized spacial score (nSPS) is 13.2. The Balaban J connectivity index is 4.20. The SMILES string of the molecule is C=CCC(N)C(=O)NCC(CC)(CC)SC. The minimum absolute atomic E-state index is 0.0831. The summed E-state index contributed by atoms with van der Waals surface area (Å²) in [6, 6.07) is -0.467. The first-order chi connectivity index (χ1) is 7.55. The van der Waals surface area contributed by atoms with Crippen molar-refractivity contribution in [2.45, 2.75) is 43.9 Å². The summed E-state index contributed by atoms with van der Waals surface area (Å²) in [7, 11) is 0. The lowest BCUT2D eigenvalue weighted by molar-refractivity contribution is -0.122. The van der Waals surface area contributed by atoms with Crippen molar-refractivity contribution in [2.75, 3.05) is 12.8 Å². The number of nitrogens with two attached hydrogens (primary N) is 1. The molecular formula is C12H24N2OS. The first-order valence-electron chi connectivity index (χ1n) is 5.74. The molecular weight excluding hydrogens is 220 g/mol. The molecule has 3 nitrogen and oxygen atoms in total. The van der Waals surface area contributed by atoms with Crippen LogP contribution in [0.3, 0.4) is 0 Å². The van der Waals surface area contributed by atoms with E-state index < -0.39 is 6.04 Å². The third-order valence-electron chi connectivity index (χ3n) is 3.06. The molecule has 0 fully saturated rings.